The molecule has 0 unspecified atom stereocenters. The molecule has 0 aliphatic carbocycles. The second kappa shape index (κ2) is 2.41. The lowest BCUT2D eigenvalue weighted by molar-refractivity contribution is 0.120. The van der Waals surface area contributed by atoms with Gasteiger partial charge in [0.2, 0.25) is 0 Å². The molecular formula is C4H14N4. The van der Waals surface area contributed by atoms with Gasteiger partial charge in [-0.2, -0.15) is 0 Å². The van der Waals surface area contributed by atoms with E-state index in [-0.39, 0.29) is 5.66 Å². The van der Waals surface area contributed by atoms with Crippen molar-refractivity contribution in [1.82, 2.24) is 10.4 Å². The fourth-order valence-electron chi connectivity index (χ4n) is 0.102. The number of hydrogen-bond acceptors (Lipinski definition) is 4. The van der Waals surface area contributed by atoms with Crippen molar-refractivity contribution < 1.29 is 0 Å². The van der Waals surface area contributed by atoms with Crippen LogP contribution in [0.15, 0.2) is 0 Å². The van der Waals surface area contributed by atoms with Crippen molar-refractivity contribution in [2.24, 2.45) is 11.7 Å². The van der Waals surface area contributed by atoms with E-state index in [9.17, 15) is 0 Å². The summed E-state index contributed by atoms with van der Waals surface area (Å²) in [4.78, 5) is 0. The zero-order valence-corrected chi connectivity index (χ0v) is 5.60. The Morgan fingerprint density at radius 3 is 1.88 bits per heavy atom. The average molecular weight is 118 g/mol. The average Bonchev–Trinajstić information content (AvgIpc) is 1.67. The molecule has 0 aliphatic heterocycles. The largest absolute Gasteiger partial charge is 0.270 e. The first-order chi connectivity index (χ1) is 3.50. The van der Waals surface area contributed by atoms with Gasteiger partial charge in [0.25, 0.3) is 0 Å². The van der Waals surface area contributed by atoms with E-state index in [1.165, 1.54) is 5.01 Å². The van der Waals surface area contributed by atoms with Crippen LogP contribution in [0.3, 0.4) is 0 Å². The molecule has 0 spiro atoms. The molecule has 0 amide bonds. The smallest absolute Gasteiger partial charge is 0.0906 e. The minimum atomic E-state index is -0.319. The van der Waals surface area contributed by atoms with Gasteiger partial charge in [-0.25, -0.2) is 10.4 Å². The molecule has 0 saturated carbocycles. The van der Waals surface area contributed by atoms with Crippen molar-refractivity contribution in [3.8, 4) is 0 Å². The number of nitrogens with zero attached hydrogens (tertiary/aromatic N) is 1. The van der Waals surface area contributed by atoms with E-state index in [0.717, 1.165) is 0 Å². The maximum absolute atomic E-state index is 5.37. The standard InChI is InChI=1S/C4H14N4/c1-4(2,7-5)8(3)6/h7H,5-6H2,1-3H3. The molecule has 5 N–H and O–H groups in total. The van der Waals surface area contributed by atoms with Crippen molar-refractivity contribution >= 4 is 0 Å². The highest BCUT2D eigenvalue weighted by Crippen LogP contribution is 1.98. The van der Waals surface area contributed by atoms with Crippen LogP contribution in [0, 0.1) is 0 Å². The third kappa shape index (κ3) is 1.75. The van der Waals surface area contributed by atoms with Gasteiger partial charge in [-0.3, -0.25) is 11.7 Å². The molecule has 0 bridgehead atoms. The summed E-state index contributed by atoms with van der Waals surface area (Å²) in [5.74, 6) is 10.5. The van der Waals surface area contributed by atoms with Crippen LogP contribution in [-0.4, -0.2) is 17.7 Å². The highest BCUT2D eigenvalue weighted by Gasteiger charge is 2.17. The van der Waals surface area contributed by atoms with Gasteiger partial charge in [-0.1, -0.05) is 0 Å². The van der Waals surface area contributed by atoms with E-state index in [4.69, 9.17) is 11.7 Å². The molecule has 4 nitrogen and oxygen atoms in total. The van der Waals surface area contributed by atoms with Crippen LogP contribution in [0.25, 0.3) is 0 Å². The lowest BCUT2D eigenvalue weighted by Crippen LogP contribution is -2.58. The van der Waals surface area contributed by atoms with Gasteiger partial charge in [-0.05, 0) is 13.8 Å². The molecular weight excluding hydrogens is 104 g/mol. The lowest BCUT2D eigenvalue weighted by Gasteiger charge is -2.30. The second-order valence-electron chi connectivity index (χ2n) is 2.31. The Kier molecular flexibility index (Phi) is 2.36. The van der Waals surface area contributed by atoms with Gasteiger partial charge in [-0.15, -0.1) is 0 Å². The van der Waals surface area contributed by atoms with E-state index < -0.39 is 0 Å². The van der Waals surface area contributed by atoms with Gasteiger partial charge in [0, 0.05) is 7.05 Å². The zero-order chi connectivity index (χ0) is 6.78. The summed E-state index contributed by atoms with van der Waals surface area (Å²) in [7, 11) is 1.75. The molecule has 50 valence electrons. The van der Waals surface area contributed by atoms with Crippen molar-refractivity contribution in [2.75, 3.05) is 7.05 Å². The molecule has 0 aromatic rings. The van der Waals surface area contributed by atoms with Crippen LogP contribution in [0.5, 0.6) is 0 Å². The normalized spacial score (nSPS) is 12.8. The van der Waals surface area contributed by atoms with Crippen LogP contribution in [0.1, 0.15) is 13.8 Å². The number of hydrogen-bond donors (Lipinski definition) is 3. The maximum Gasteiger partial charge on any atom is 0.0906 e. The molecule has 8 heavy (non-hydrogen) atoms. The lowest BCUT2D eigenvalue weighted by atomic mass is 10.2. The van der Waals surface area contributed by atoms with Gasteiger partial charge < -0.3 is 0 Å². The predicted molar refractivity (Wildman–Crippen MR) is 33.4 cm³/mol. The monoisotopic (exact) mass is 118 g/mol. The highest BCUT2D eigenvalue weighted by atomic mass is 15.5. The van der Waals surface area contributed by atoms with Crippen LogP contribution < -0.4 is 17.1 Å². The topological polar surface area (TPSA) is 67.3 Å². The van der Waals surface area contributed by atoms with Crippen molar-refractivity contribution in [2.45, 2.75) is 19.5 Å². The minimum Gasteiger partial charge on any atom is -0.270 e. The summed E-state index contributed by atoms with van der Waals surface area (Å²) >= 11 is 0. The molecule has 0 saturated heterocycles. The van der Waals surface area contributed by atoms with Crippen LogP contribution in [-0.2, 0) is 0 Å². The third-order valence-corrected chi connectivity index (χ3v) is 1.23. The quantitative estimate of drug-likeness (QED) is 0.247. The van der Waals surface area contributed by atoms with Gasteiger partial charge in [0.15, 0.2) is 0 Å². The summed E-state index contributed by atoms with van der Waals surface area (Å²) < 4.78 is 0. The summed E-state index contributed by atoms with van der Waals surface area (Å²) in [5, 5.41) is 1.51. The first-order valence-electron chi connectivity index (χ1n) is 2.47. The number of hydrazine groups is 2. The predicted octanol–water partition coefficient (Wildman–Crippen LogP) is -1.01. The molecule has 0 aliphatic rings. The maximum atomic E-state index is 5.37. The molecule has 0 aromatic carbocycles. The summed E-state index contributed by atoms with van der Waals surface area (Å²) in [6, 6.07) is 0. The molecule has 0 radical (unpaired) electrons. The first-order valence-corrected chi connectivity index (χ1v) is 2.47. The number of nitrogens with two attached hydrogens (primary N) is 2. The Hall–Kier alpha value is -0.160. The van der Waals surface area contributed by atoms with Crippen LogP contribution in [0.4, 0.5) is 0 Å². The number of rotatable bonds is 2. The van der Waals surface area contributed by atoms with Crippen LogP contribution in [0.2, 0.25) is 0 Å². The Labute approximate surface area is 49.8 Å². The molecule has 0 aromatic heterocycles. The van der Waals surface area contributed by atoms with Crippen molar-refractivity contribution in [3.63, 3.8) is 0 Å². The third-order valence-electron chi connectivity index (χ3n) is 1.23. The fourth-order valence-corrected chi connectivity index (χ4v) is 0.102. The fraction of sp³-hybridized carbons (Fsp3) is 1.00. The SMILES string of the molecule is CN(N)C(C)(C)NN. The molecule has 0 rings (SSSR count). The van der Waals surface area contributed by atoms with E-state index >= 15 is 0 Å². The minimum absolute atomic E-state index is 0.319. The van der Waals surface area contributed by atoms with E-state index in [1.807, 2.05) is 13.8 Å². The van der Waals surface area contributed by atoms with E-state index in [0.29, 0.717) is 0 Å². The Balaban J connectivity index is 3.71. The Morgan fingerprint density at radius 1 is 1.50 bits per heavy atom. The van der Waals surface area contributed by atoms with Crippen molar-refractivity contribution in [3.05, 3.63) is 0 Å². The highest BCUT2D eigenvalue weighted by molar-refractivity contribution is 4.67. The van der Waals surface area contributed by atoms with Gasteiger partial charge in [0.05, 0.1) is 5.66 Å². The molecule has 0 heterocycles. The van der Waals surface area contributed by atoms with Crippen LogP contribution >= 0.6 is 0 Å². The number of nitrogens with one attached hydrogen (secondary N) is 1. The van der Waals surface area contributed by atoms with Crippen molar-refractivity contribution in [1.29, 1.82) is 0 Å². The van der Waals surface area contributed by atoms with E-state index in [2.05, 4.69) is 5.43 Å². The summed E-state index contributed by atoms with van der Waals surface area (Å²) in [6.07, 6.45) is 0. The van der Waals surface area contributed by atoms with Gasteiger partial charge >= 0.3 is 0 Å². The molecule has 0 atom stereocenters. The zero-order valence-electron chi connectivity index (χ0n) is 5.60. The van der Waals surface area contributed by atoms with Gasteiger partial charge in [0.1, 0.15) is 0 Å². The Morgan fingerprint density at radius 2 is 1.88 bits per heavy atom. The molecule has 4 heteroatoms. The Bertz CT molecular complexity index is 68.4. The second-order valence-corrected chi connectivity index (χ2v) is 2.31. The van der Waals surface area contributed by atoms with E-state index in [1.54, 1.807) is 7.05 Å². The summed E-state index contributed by atoms with van der Waals surface area (Å²) in [6.45, 7) is 3.76. The summed E-state index contributed by atoms with van der Waals surface area (Å²) in [5.41, 5.74) is 2.22. The molecule has 0 fully saturated rings. The first kappa shape index (κ1) is 7.84.